The third-order valence-corrected chi connectivity index (χ3v) is 4.27. The second-order valence-electron chi connectivity index (χ2n) is 5.97. The summed E-state index contributed by atoms with van der Waals surface area (Å²) in [4.78, 5) is 26.2. The van der Waals surface area contributed by atoms with E-state index in [4.69, 9.17) is 9.47 Å². The molecule has 1 N–H and O–H groups in total. The molecule has 2 aromatic carbocycles. The molecule has 2 heterocycles. The number of fused-ring (bicyclic) bond motifs is 1. The molecule has 0 atom stereocenters. The standard InChI is InChI=1S/C18H15FN2O4/c19-13-2-4-14(5-3-13)20-17(22)12-8-21(9-12)18(23)11-1-6-15-16(7-11)25-10-24-15/h1-7,12H,8-10H2,(H,20,22). The highest BCUT2D eigenvalue weighted by molar-refractivity contribution is 5.99. The topological polar surface area (TPSA) is 67.9 Å². The molecule has 0 aliphatic carbocycles. The van der Waals surface area contributed by atoms with Gasteiger partial charge in [0.25, 0.3) is 5.91 Å². The van der Waals surface area contributed by atoms with Crippen molar-refractivity contribution >= 4 is 17.5 Å². The number of anilines is 1. The van der Waals surface area contributed by atoms with E-state index in [1.54, 1.807) is 23.1 Å². The highest BCUT2D eigenvalue weighted by atomic mass is 19.1. The highest BCUT2D eigenvalue weighted by Gasteiger charge is 2.36. The Morgan fingerprint density at radius 3 is 2.52 bits per heavy atom. The minimum absolute atomic E-state index is 0.149. The minimum Gasteiger partial charge on any atom is -0.454 e. The van der Waals surface area contributed by atoms with Gasteiger partial charge in [0.15, 0.2) is 11.5 Å². The minimum atomic E-state index is -0.359. The van der Waals surface area contributed by atoms with Crippen LogP contribution in [-0.4, -0.2) is 36.6 Å². The molecule has 25 heavy (non-hydrogen) atoms. The third-order valence-electron chi connectivity index (χ3n) is 4.27. The van der Waals surface area contributed by atoms with E-state index in [1.165, 1.54) is 24.3 Å². The Morgan fingerprint density at radius 1 is 1.04 bits per heavy atom. The molecule has 2 aliphatic heterocycles. The predicted octanol–water partition coefficient (Wildman–Crippen LogP) is 2.27. The van der Waals surface area contributed by atoms with Crippen LogP contribution in [0.1, 0.15) is 10.4 Å². The van der Waals surface area contributed by atoms with Gasteiger partial charge in [0.05, 0.1) is 5.92 Å². The average Bonchev–Trinajstić information content (AvgIpc) is 3.03. The van der Waals surface area contributed by atoms with Crippen LogP contribution in [0, 0.1) is 11.7 Å². The Bertz CT molecular complexity index is 831. The Balaban J connectivity index is 1.34. The summed E-state index contributed by atoms with van der Waals surface area (Å²) in [6, 6.07) is 10.6. The van der Waals surface area contributed by atoms with Gasteiger partial charge in [0, 0.05) is 24.3 Å². The van der Waals surface area contributed by atoms with E-state index in [0.717, 1.165) is 0 Å². The number of carbonyl (C=O) groups is 2. The molecule has 6 nitrogen and oxygen atoms in total. The van der Waals surface area contributed by atoms with E-state index in [9.17, 15) is 14.0 Å². The molecule has 2 aliphatic rings. The number of nitrogens with zero attached hydrogens (tertiary/aromatic N) is 1. The molecule has 2 aromatic rings. The van der Waals surface area contributed by atoms with Crippen molar-refractivity contribution in [2.75, 3.05) is 25.2 Å². The van der Waals surface area contributed by atoms with Crippen molar-refractivity contribution in [1.29, 1.82) is 0 Å². The van der Waals surface area contributed by atoms with Gasteiger partial charge in [-0.05, 0) is 42.5 Å². The van der Waals surface area contributed by atoms with Crippen molar-refractivity contribution in [1.82, 2.24) is 4.90 Å². The van der Waals surface area contributed by atoms with Gasteiger partial charge in [-0.1, -0.05) is 0 Å². The number of halogens is 1. The van der Waals surface area contributed by atoms with Crippen LogP contribution in [-0.2, 0) is 4.79 Å². The predicted molar refractivity (Wildman–Crippen MR) is 87.0 cm³/mol. The molecular formula is C18H15FN2O4. The van der Waals surface area contributed by atoms with E-state index in [0.29, 0.717) is 35.8 Å². The van der Waals surface area contributed by atoms with Crippen molar-refractivity contribution in [2.45, 2.75) is 0 Å². The number of ether oxygens (including phenoxy) is 2. The molecule has 0 radical (unpaired) electrons. The Hall–Kier alpha value is -3.09. The van der Waals surface area contributed by atoms with Crippen molar-refractivity contribution in [2.24, 2.45) is 5.92 Å². The number of carbonyl (C=O) groups excluding carboxylic acids is 2. The molecule has 0 saturated carbocycles. The smallest absolute Gasteiger partial charge is 0.254 e. The summed E-state index contributed by atoms with van der Waals surface area (Å²) < 4.78 is 23.4. The summed E-state index contributed by atoms with van der Waals surface area (Å²) in [5.74, 6) is 0.212. The highest BCUT2D eigenvalue weighted by Crippen LogP contribution is 2.33. The van der Waals surface area contributed by atoms with Crippen molar-refractivity contribution in [3.63, 3.8) is 0 Å². The Kier molecular flexibility index (Phi) is 3.76. The lowest BCUT2D eigenvalue weighted by molar-refractivity contribution is -0.123. The zero-order chi connectivity index (χ0) is 17.4. The van der Waals surface area contributed by atoms with E-state index in [-0.39, 0.29) is 30.3 Å². The average molecular weight is 342 g/mol. The number of likely N-dealkylation sites (tertiary alicyclic amines) is 1. The quantitative estimate of drug-likeness (QED) is 0.929. The molecular weight excluding hydrogens is 327 g/mol. The summed E-state index contributed by atoms with van der Waals surface area (Å²) in [6.07, 6.45) is 0. The zero-order valence-corrected chi connectivity index (χ0v) is 13.2. The second kappa shape index (κ2) is 6.08. The maximum absolute atomic E-state index is 12.9. The number of hydrogen-bond donors (Lipinski definition) is 1. The van der Waals surface area contributed by atoms with Gasteiger partial charge in [-0.2, -0.15) is 0 Å². The molecule has 0 bridgehead atoms. The summed E-state index contributed by atoms with van der Waals surface area (Å²) in [6.45, 7) is 0.850. The molecule has 0 aromatic heterocycles. The first-order chi connectivity index (χ1) is 12.1. The molecule has 0 unspecified atom stereocenters. The van der Waals surface area contributed by atoms with Gasteiger partial charge in [-0.25, -0.2) is 4.39 Å². The van der Waals surface area contributed by atoms with Crippen molar-refractivity contribution in [3.8, 4) is 11.5 Å². The first-order valence-corrected chi connectivity index (χ1v) is 7.85. The third kappa shape index (κ3) is 3.00. The van der Waals surface area contributed by atoms with Crippen molar-refractivity contribution < 1.29 is 23.5 Å². The molecule has 4 rings (SSSR count). The van der Waals surface area contributed by atoms with E-state index >= 15 is 0 Å². The van der Waals surface area contributed by atoms with Crippen LogP contribution in [0.5, 0.6) is 11.5 Å². The summed E-state index contributed by atoms with van der Waals surface area (Å²) in [5.41, 5.74) is 1.04. The number of benzene rings is 2. The van der Waals surface area contributed by atoms with Crippen LogP contribution in [0.4, 0.5) is 10.1 Å². The van der Waals surface area contributed by atoms with Gasteiger partial charge in [-0.15, -0.1) is 0 Å². The maximum atomic E-state index is 12.9. The van der Waals surface area contributed by atoms with Crippen LogP contribution in [0.3, 0.4) is 0 Å². The fourth-order valence-corrected chi connectivity index (χ4v) is 2.80. The van der Waals surface area contributed by atoms with Crippen LogP contribution >= 0.6 is 0 Å². The van der Waals surface area contributed by atoms with E-state index in [1.807, 2.05) is 0 Å². The second-order valence-corrected chi connectivity index (χ2v) is 5.97. The normalized spacial score (nSPS) is 15.6. The summed E-state index contributed by atoms with van der Waals surface area (Å²) in [5, 5.41) is 2.72. The Labute approximate surface area is 143 Å². The van der Waals surface area contributed by atoms with E-state index < -0.39 is 0 Å². The molecule has 7 heteroatoms. The number of rotatable bonds is 3. The maximum Gasteiger partial charge on any atom is 0.254 e. The number of amides is 2. The zero-order valence-electron chi connectivity index (χ0n) is 13.2. The number of hydrogen-bond acceptors (Lipinski definition) is 4. The first-order valence-electron chi connectivity index (χ1n) is 7.85. The Morgan fingerprint density at radius 2 is 1.76 bits per heavy atom. The largest absolute Gasteiger partial charge is 0.454 e. The van der Waals surface area contributed by atoms with Gasteiger partial charge < -0.3 is 19.7 Å². The lowest BCUT2D eigenvalue weighted by Gasteiger charge is -2.38. The molecule has 0 spiro atoms. The van der Waals surface area contributed by atoms with Gasteiger partial charge >= 0.3 is 0 Å². The van der Waals surface area contributed by atoms with Crippen LogP contribution in [0.2, 0.25) is 0 Å². The lowest BCUT2D eigenvalue weighted by atomic mass is 9.97. The van der Waals surface area contributed by atoms with Crippen molar-refractivity contribution in [3.05, 3.63) is 53.8 Å². The SMILES string of the molecule is O=C(Nc1ccc(F)cc1)C1CN(C(=O)c2ccc3c(c2)OCO3)C1. The number of nitrogens with one attached hydrogen (secondary N) is 1. The lowest BCUT2D eigenvalue weighted by Crippen LogP contribution is -2.54. The first kappa shape index (κ1) is 15.4. The van der Waals surface area contributed by atoms with Crippen LogP contribution in [0.25, 0.3) is 0 Å². The van der Waals surface area contributed by atoms with E-state index in [2.05, 4.69) is 5.32 Å². The van der Waals surface area contributed by atoms with Crippen LogP contribution in [0.15, 0.2) is 42.5 Å². The molecule has 1 fully saturated rings. The van der Waals surface area contributed by atoms with Gasteiger partial charge in [0.2, 0.25) is 12.7 Å². The molecule has 128 valence electrons. The van der Waals surface area contributed by atoms with Gasteiger partial charge in [-0.3, -0.25) is 9.59 Å². The molecule has 1 saturated heterocycles. The fraction of sp³-hybridized carbons (Fsp3) is 0.222. The molecule has 2 amide bonds. The monoisotopic (exact) mass is 342 g/mol. The van der Waals surface area contributed by atoms with Crippen LogP contribution < -0.4 is 14.8 Å². The van der Waals surface area contributed by atoms with Gasteiger partial charge in [0.1, 0.15) is 5.82 Å². The summed E-state index contributed by atoms with van der Waals surface area (Å²) >= 11 is 0. The fourth-order valence-electron chi connectivity index (χ4n) is 2.80. The summed E-state index contributed by atoms with van der Waals surface area (Å²) in [7, 11) is 0.